The Morgan fingerprint density at radius 2 is 2.00 bits per heavy atom. The van der Waals surface area contributed by atoms with Crippen molar-refractivity contribution in [2.24, 2.45) is 5.92 Å². The second-order valence-electron chi connectivity index (χ2n) is 5.26. The first kappa shape index (κ1) is 17.4. The van der Waals surface area contributed by atoms with Crippen molar-refractivity contribution in [3.8, 4) is 0 Å². The van der Waals surface area contributed by atoms with E-state index in [2.05, 4.69) is 29.4 Å². The van der Waals surface area contributed by atoms with Gasteiger partial charge in [0, 0.05) is 13.2 Å². The predicted octanol–water partition coefficient (Wildman–Crippen LogP) is 2.38. The summed E-state index contributed by atoms with van der Waals surface area (Å²) in [5, 5.41) is 20.6. The molecule has 6 nitrogen and oxygen atoms in total. The summed E-state index contributed by atoms with van der Waals surface area (Å²) in [5.74, 6) is -0.165. The van der Waals surface area contributed by atoms with Crippen LogP contribution < -0.4 is 5.32 Å². The van der Waals surface area contributed by atoms with E-state index in [4.69, 9.17) is 4.74 Å². The minimum absolute atomic E-state index is 0.230. The molecule has 0 aliphatic rings. The van der Waals surface area contributed by atoms with Gasteiger partial charge in [0.2, 0.25) is 0 Å². The number of hydrogen-bond donors (Lipinski definition) is 2. The van der Waals surface area contributed by atoms with E-state index in [1.807, 2.05) is 13.8 Å². The highest BCUT2D eigenvalue weighted by Crippen LogP contribution is 2.20. The molecule has 1 aromatic rings. The van der Waals surface area contributed by atoms with Crippen LogP contribution in [0, 0.1) is 5.92 Å². The number of aromatic nitrogens is 2. The van der Waals surface area contributed by atoms with E-state index in [-0.39, 0.29) is 5.56 Å². The number of nitrogens with one attached hydrogen (secondary N) is 1. The van der Waals surface area contributed by atoms with Gasteiger partial charge in [0.1, 0.15) is 5.56 Å². The van der Waals surface area contributed by atoms with Crippen LogP contribution in [-0.4, -0.2) is 41.0 Å². The van der Waals surface area contributed by atoms with Crippen LogP contribution in [0.5, 0.6) is 0 Å². The summed E-state index contributed by atoms with van der Waals surface area (Å²) in [4.78, 5) is 11.5. The first-order valence-electron chi connectivity index (χ1n) is 7.44. The van der Waals surface area contributed by atoms with Gasteiger partial charge in [0.05, 0.1) is 12.3 Å². The largest absolute Gasteiger partial charge is 0.478 e. The van der Waals surface area contributed by atoms with Crippen molar-refractivity contribution in [2.45, 2.75) is 40.5 Å². The van der Waals surface area contributed by atoms with Gasteiger partial charge in [-0.25, -0.2) is 4.79 Å². The molecule has 0 radical (unpaired) electrons. The number of aromatic carboxylic acids is 1. The summed E-state index contributed by atoms with van der Waals surface area (Å²) in [7, 11) is 0. The van der Waals surface area contributed by atoms with E-state index in [1.165, 1.54) is 0 Å². The third-order valence-corrected chi connectivity index (χ3v) is 3.05. The molecule has 0 amide bonds. The molecule has 0 bridgehead atoms. The molecule has 0 unspecified atom stereocenters. The van der Waals surface area contributed by atoms with Gasteiger partial charge in [0.15, 0.2) is 5.82 Å². The normalized spacial score (nSPS) is 10.9. The molecule has 0 saturated heterocycles. The van der Waals surface area contributed by atoms with E-state index < -0.39 is 5.97 Å². The predicted molar refractivity (Wildman–Crippen MR) is 81.9 cm³/mol. The Morgan fingerprint density at radius 3 is 2.52 bits per heavy atom. The van der Waals surface area contributed by atoms with E-state index >= 15 is 0 Å². The smallest absolute Gasteiger partial charge is 0.339 e. The molecule has 0 aromatic carbocycles. The Morgan fingerprint density at radius 1 is 1.29 bits per heavy atom. The van der Waals surface area contributed by atoms with Crippen LogP contribution >= 0.6 is 0 Å². The number of aryl methyl sites for hydroxylation is 1. The third kappa shape index (κ3) is 4.97. The van der Waals surface area contributed by atoms with Crippen LogP contribution in [0.1, 0.15) is 49.3 Å². The van der Waals surface area contributed by atoms with Crippen molar-refractivity contribution < 1.29 is 14.6 Å². The molecule has 0 aliphatic carbocycles. The van der Waals surface area contributed by atoms with Crippen LogP contribution in [0.3, 0.4) is 0 Å². The van der Waals surface area contributed by atoms with E-state index in [0.29, 0.717) is 44.3 Å². The van der Waals surface area contributed by atoms with Crippen LogP contribution in [0.15, 0.2) is 0 Å². The highest BCUT2D eigenvalue weighted by Gasteiger charge is 2.19. The fourth-order valence-electron chi connectivity index (χ4n) is 2.09. The molecule has 0 fully saturated rings. The van der Waals surface area contributed by atoms with Crippen LogP contribution in [0.2, 0.25) is 0 Å². The van der Waals surface area contributed by atoms with Gasteiger partial charge in [-0.3, -0.25) is 0 Å². The summed E-state index contributed by atoms with van der Waals surface area (Å²) >= 11 is 0. The molecule has 0 spiro atoms. The van der Waals surface area contributed by atoms with Gasteiger partial charge in [-0.1, -0.05) is 27.7 Å². The topological polar surface area (TPSA) is 84.3 Å². The number of carbonyl (C=O) groups is 1. The Hall–Kier alpha value is -1.69. The number of ether oxygens (including phenoxy) is 1. The molecule has 0 saturated carbocycles. The van der Waals surface area contributed by atoms with Crippen LogP contribution in [-0.2, 0) is 17.6 Å². The van der Waals surface area contributed by atoms with Crippen molar-refractivity contribution in [3.63, 3.8) is 0 Å². The van der Waals surface area contributed by atoms with Crippen LogP contribution in [0.25, 0.3) is 0 Å². The molecule has 1 aromatic heterocycles. The second kappa shape index (κ2) is 8.56. The molecular formula is C15H25N3O3. The Labute approximate surface area is 125 Å². The fourth-order valence-corrected chi connectivity index (χ4v) is 2.09. The summed E-state index contributed by atoms with van der Waals surface area (Å²) in [6.07, 6.45) is 1.30. The molecular weight excluding hydrogens is 270 g/mol. The SMILES string of the molecule is CCc1nnc(NCCOCC(C)C)c(C(=O)O)c1CC. The molecule has 118 valence electrons. The first-order valence-corrected chi connectivity index (χ1v) is 7.44. The lowest BCUT2D eigenvalue weighted by Crippen LogP contribution is -2.18. The third-order valence-electron chi connectivity index (χ3n) is 3.05. The molecule has 0 atom stereocenters. The average molecular weight is 295 g/mol. The molecule has 1 heterocycles. The maximum absolute atomic E-state index is 11.5. The van der Waals surface area contributed by atoms with Gasteiger partial charge in [-0.2, -0.15) is 5.10 Å². The van der Waals surface area contributed by atoms with E-state index in [0.717, 1.165) is 11.3 Å². The number of hydrogen-bond acceptors (Lipinski definition) is 5. The minimum Gasteiger partial charge on any atom is -0.478 e. The highest BCUT2D eigenvalue weighted by molar-refractivity contribution is 5.95. The molecule has 0 aliphatic heterocycles. The Kier molecular flexibility index (Phi) is 7.08. The van der Waals surface area contributed by atoms with Crippen LogP contribution in [0.4, 0.5) is 5.82 Å². The lowest BCUT2D eigenvalue weighted by atomic mass is 10.0. The highest BCUT2D eigenvalue weighted by atomic mass is 16.5. The van der Waals surface area contributed by atoms with E-state index in [9.17, 15) is 9.90 Å². The quantitative estimate of drug-likeness (QED) is 0.680. The first-order chi connectivity index (χ1) is 10.0. The van der Waals surface area contributed by atoms with Gasteiger partial charge in [-0.15, -0.1) is 5.10 Å². The van der Waals surface area contributed by atoms with Gasteiger partial charge < -0.3 is 15.2 Å². The zero-order chi connectivity index (χ0) is 15.8. The lowest BCUT2D eigenvalue weighted by molar-refractivity contribution is 0.0695. The molecule has 2 N–H and O–H groups in total. The Balaban J connectivity index is 2.80. The lowest BCUT2D eigenvalue weighted by Gasteiger charge is -2.14. The molecule has 1 rings (SSSR count). The zero-order valence-corrected chi connectivity index (χ0v) is 13.3. The van der Waals surface area contributed by atoms with Gasteiger partial charge >= 0.3 is 5.97 Å². The van der Waals surface area contributed by atoms with Crippen molar-refractivity contribution in [1.82, 2.24) is 10.2 Å². The second-order valence-corrected chi connectivity index (χ2v) is 5.26. The van der Waals surface area contributed by atoms with Crippen molar-refractivity contribution in [2.75, 3.05) is 25.1 Å². The fraction of sp³-hybridized carbons (Fsp3) is 0.667. The van der Waals surface area contributed by atoms with Crippen molar-refractivity contribution in [3.05, 3.63) is 16.8 Å². The zero-order valence-electron chi connectivity index (χ0n) is 13.3. The number of carboxylic acids is 1. The number of nitrogens with zero attached hydrogens (tertiary/aromatic N) is 2. The Bertz CT molecular complexity index is 475. The number of carboxylic acid groups (broad SMARTS) is 1. The minimum atomic E-state index is -0.970. The maximum Gasteiger partial charge on any atom is 0.339 e. The van der Waals surface area contributed by atoms with Crippen molar-refractivity contribution in [1.29, 1.82) is 0 Å². The summed E-state index contributed by atoms with van der Waals surface area (Å²) in [6, 6.07) is 0. The average Bonchev–Trinajstić information content (AvgIpc) is 2.45. The standard InChI is InChI=1S/C15H25N3O3/c1-5-11-12(6-2)17-18-14(13(11)15(19)20)16-7-8-21-9-10(3)4/h10H,5-9H2,1-4H3,(H,16,18)(H,19,20). The molecule has 6 heteroatoms. The monoisotopic (exact) mass is 295 g/mol. The van der Waals surface area contributed by atoms with Gasteiger partial charge in [0.25, 0.3) is 0 Å². The summed E-state index contributed by atoms with van der Waals surface area (Å²) in [5.41, 5.74) is 1.73. The maximum atomic E-state index is 11.5. The van der Waals surface area contributed by atoms with Crippen molar-refractivity contribution >= 4 is 11.8 Å². The van der Waals surface area contributed by atoms with E-state index in [1.54, 1.807) is 0 Å². The number of rotatable bonds is 9. The summed E-state index contributed by atoms with van der Waals surface area (Å²) in [6.45, 7) is 9.75. The van der Waals surface area contributed by atoms with Gasteiger partial charge in [-0.05, 0) is 24.3 Å². The number of anilines is 1. The summed E-state index contributed by atoms with van der Waals surface area (Å²) < 4.78 is 5.46. The molecule has 21 heavy (non-hydrogen) atoms.